The molecule has 4 rings (SSSR count). The van der Waals surface area contributed by atoms with E-state index in [2.05, 4.69) is 15.3 Å². The molecule has 0 atom stereocenters. The van der Waals surface area contributed by atoms with Crippen LogP contribution in [0, 0.1) is 6.92 Å². The lowest BCUT2D eigenvalue weighted by Gasteiger charge is -2.04. The fraction of sp³-hybridized carbons (Fsp3) is 0.150. The molecule has 0 spiro atoms. The quantitative estimate of drug-likeness (QED) is 0.576. The van der Waals surface area contributed by atoms with Gasteiger partial charge in [-0.25, -0.2) is 9.98 Å². The van der Waals surface area contributed by atoms with Gasteiger partial charge in [0.2, 0.25) is 0 Å². The molecule has 0 aliphatic carbocycles. The minimum absolute atomic E-state index is 0.0281. The molecule has 3 aromatic rings. The molecule has 0 unspecified atom stereocenters. The first-order valence-corrected chi connectivity index (χ1v) is 10.3. The van der Waals surface area contributed by atoms with E-state index in [4.69, 9.17) is 23.2 Å². The monoisotopic (exact) mass is 446 g/mol. The maximum atomic E-state index is 12.4. The van der Waals surface area contributed by atoms with Crippen molar-refractivity contribution >= 4 is 68.8 Å². The zero-order valence-corrected chi connectivity index (χ0v) is 17.6. The predicted molar refractivity (Wildman–Crippen MR) is 119 cm³/mol. The Labute approximate surface area is 181 Å². The largest absolute Gasteiger partial charge is 0.395 e. The Balaban J connectivity index is 1.66. The molecule has 1 aliphatic rings. The molecule has 0 bridgehead atoms. The molecule has 0 saturated carbocycles. The van der Waals surface area contributed by atoms with Crippen molar-refractivity contribution in [2.75, 3.05) is 6.61 Å². The molecule has 1 amide bonds. The van der Waals surface area contributed by atoms with E-state index in [0.29, 0.717) is 32.4 Å². The Morgan fingerprint density at radius 1 is 1.28 bits per heavy atom. The Hall–Kier alpha value is -2.32. The molecule has 1 saturated heterocycles. The standard InChI is InChI=1S/C20H16Cl2N4O2S/c1-11-23-15-6-5-12(9-16(15)26(11)7-8-27)10-17-19(28)25-20(29-17)24-18-13(21)3-2-4-14(18)22/h2-6,9-10,27H,7-8H2,1H3,(H,24,25,28)/b17-10+. The van der Waals surface area contributed by atoms with Gasteiger partial charge in [0.05, 0.1) is 32.6 Å². The molecule has 2 aromatic carbocycles. The van der Waals surface area contributed by atoms with E-state index in [9.17, 15) is 9.90 Å². The average molecular weight is 447 g/mol. The lowest BCUT2D eigenvalue weighted by Crippen LogP contribution is -2.19. The summed E-state index contributed by atoms with van der Waals surface area (Å²) in [4.78, 5) is 21.8. The highest BCUT2D eigenvalue weighted by atomic mass is 35.5. The molecule has 1 fully saturated rings. The summed E-state index contributed by atoms with van der Waals surface area (Å²) in [5.41, 5.74) is 3.03. The van der Waals surface area contributed by atoms with Gasteiger partial charge in [-0.1, -0.05) is 35.3 Å². The number of para-hydroxylation sites is 1. The van der Waals surface area contributed by atoms with E-state index in [1.807, 2.05) is 29.7 Å². The van der Waals surface area contributed by atoms with Crippen molar-refractivity contribution in [2.24, 2.45) is 4.99 Å². The number of hydrogen-bond acceptors (Lipinski definition) is 5. The zero-order valence-electron chi connectivity index (χ0n) is 15.3. The summed E-state index contributed by atoms with van der Waals surface area (Å²) in [6.07, 6.45) is 1.79. The smallest absolute Gasteiger partial charge is 0.264 e. The van der Waals surface area contributed by atoms with Gasteiger partial charge in [0.25, 0.3) is 5.91 Å². The van der Waals surface area contributed by atoms with Crippen LogP contribution in [0.4, 0.5) is 5.69 Å². The van der Waals surface area contributed by atoms with Crippen LogP contribution in [-0.2, 0) is 11.3 Å². The third-order valence-electron chi connectivity index (χ3n) is 4.39. The number of nitrogens with zero attached hydrogens (tertiary/aromatic N) is 3. The fourth-order valence-corrected chi connectivity index (χ4v) is 4.37. The Morgan fingerprint density at radius 2 is 2.03 bits per heavy atom. The van der Waals surface area contributed by atoms with E-state index in [1.165, 1.54) is 11.8 Å². The highest BCUT2D eigenvalue weighted by molar-refractivity contribution is 8.18. The van der Waals surface area contributed by atoms with Crippen LogP contribution in [0.1, 0.15) is 11.4 Å². The number of nitrogens with one attached hydrogen (secondary N) is 1. The van der Waals surface area contributed by atoms with Crippen LogP contribution in [-0.4, -0.2) is 32.3 Å². The van der Waals surface area contributed by atoms with E-state index in [1.54, 1.807) is 24.3 Å². The lowest BCUT2D eigenvalue weighted by atomic mass is 10.2. The second kappa shape index (κ2) is 8.20. The number of amides is 1. The summed E-state index contributed by atoms with van der Waals surface area (Å²) in [6.45, 7) is 2.39. The minimum atomic E-state index is -0.239. The molecule has 2 N–H and O–H groups in total. The van der Waals surface area contributed by atoms with Crippen LogP contribution in [0.5, 0.6) is 0 Å². The highest BCUT2D eigenvalue weighted by Crippen LogP contribution is 2.35. The number of fused-ring (bicyclic) bond motifs is 1. The molecule has 9 heteroatoms. The van der Waals surface area contributed by atoms with E-state index >= 15 is 0 Å². The van der Waals surface area contributed by atoms with Gasteiger partial charge >= 0.3 is 0 Å². The average Bonchev–Trinajstić information content (AvgIpc) is 3.18. The SMILES string of the molecule is Cc1nc2ccc(/C=C3/SC(=Nc4c(Cl)cccc4Cl)NC3=O)cc2n1CCO. The molecule has 2 heterocycles. The Bertz CT molecular complexity index is 1170. The predicted octanol–water partition coefficient (Wildman–Crippen LogP) is 4.54. The summed E-state index contributed by atoms with van der Waals surface area (Å²) in [5, 5.41) is 13.3. The van der Waals surface area contributed by atoms with E-state index in [0.717, 1.165) is 22.4 Å². The molecular formula is C20H16Cl2N4O2S. The van der Waals surface area contributed by atoms with Gasteiger partial charge in [0, 0.05) is 6.54 Å². The van der Waals surface area contributed by atoms with Crippen LogP contribution in [0.25, 0.3) is 17.1 Å². The number of aryl methyl sites for hydroxylation is 1. The summed E-state index contributed by atoms with van der Waals surface area (Å²) in [5.74, 6) is 0.593. The number of thioether (sulfide) groups is 1. The first-order chi connectivity index (χ1) is 14.0. The number of hydrogen-bond donors (Lipinski definition) is 2. The molecule has 1 aromatic heterocycles. The number of halogens is 2. The van der Waals surface area contributed by atoms with Gasteiger partial charge in [-0.05, 0) is 54.6 Å². The highest BCUT2D eigenvalue weighted by Gasteiger charge is 2.24. The third kappa shape index (κ3) is 4.04. The first-order valence-electron chi connectivity index (χ1n) is 8.77. The summed E-state index contributed by atoms with van der Waals surface area (Å²) in [7, 11) is 0. The van der Waals surface area contributed by atoms with Crippen LogP contribution in [0.15, 0.2) is 46.3 Å². The zero-order chi connectivity index (χ0) is 20.5. The molecule has 1 aliphatic heterocycles. The maximum Gasteiger partial charge on any atom is 0.264 e. The number of aliphatic hydroxyl groups is 1. The van der Waals surface area contributed by atoms with Crippen LogP contribution in [0.3, 0.4) is 0 Å². The molecular weight excluding hydrogens is 431 g/mol. The van der Waals surface area contributed by atoms with Crippen molar-refractivity contribution in [2.45, 2.75) is 13.5 Å². The number of aliphatic hydroxyl groups excluding tert-OH is 1. The second-order valence-corrected chi connectivity index (χ2v) is 8.18. The van der Waals surface area contributed by atoms with Gasteiger partial charge in [0.1, 0.15) is 11.5 Å². The fourth-order valence-electron chi connectivity index (χ4n) is 3.06. The van der Waals surface area contributed by atoms with Crippen molar-refractivity contribution in [3.8, 4) is 0 Å². The van der Waals surface area contributed by atoms with Crippen molar-refractivity contribution in [1.82, 2.24) is 14.9 Å². The Kier molecular flexibility index (Phi) is 5.65. The van der Waals surface area contributed by atoms with Crippen LogP contribution >= 0.6 is 35.0 Å². The Morgan fingerprint density at radius 3 is 2.76 bits per heavy atom. The lowest BCUT2D eigenvalue weighted by molar-refractivity contribution is -0.115. The van der Waals surface area contributed by atoms with Crippen LogP contribution in [0.2, 0.25) is 10.0 Å². The van der Waals surface area contributed by atoms with Crippen LogP contribution < -0.4 is 5.32 Å². The normalized spacial score (nSPS) is 16.9. The summed E-state index contributed by atoms with van der Waals surface area (Å²) in [6, 6.07) is 10.9. The van der Waals surface area contributed by atoms with Crippen molar-refractivity contribution in [3.05, 3.63) is 62.7 Å². The van der Waals surface area contributed by atoms with Crippen molar-refractivity contribution in [3.63, 3.8) is 0 Å². The van der Waals surface area contributed by atoms with Crippen molar-refractivity contribution < 1.29 is 9.90 Å². The number of rotatable bonds is 4. The molecule has 0 radical (unpaired) electrons. The van der Waals surface area contributed by atoms with Gasteiger partial charge in [-0.2, -0.15) is 0 Å². The molecule has 148 valence electrons. The topological polar surface area (TPSA) is 79.5 Å². The molecule has 6 nitrogen and oxygen atoms in total. The summed E-state index contributed by atoms with van der Waals surface area (Å²) < 4.78 is 1.95. The van der Waals surface area contributed by atoms with Crippen molar-refractivity contribution in [1.29, 1.82) is 0 Å². The van der Waals surface area contributed by atoms with Gasteiger partial charge < -0.3 is 15.0 Å². The number of carbonyl (C=O) groups excluding carboxylic acids is 1. The number of aliphatic imine (C=N–C) groups is 1. The maximum absolute atomic E-state index is 12.4. The minimum Gasteiger partial charge on any atom is -0.395 e. The first kappa shape index (κ1) is 20.0. The van der Waals surface area contributed by atoms with Gasteiger partial charge in [0.15, 0.2) is 5.17 Å². The number of imidazole rings is 1. The third-order valence-corrected chi connectivity index (χ3v) is 5.91. The number of carbonyl (C=O) groups is 1. The number of aromatic nitrogens is 2. The number of amidine groups is 1. The van der Waals surface area contributed by atoms with Gasteiger partial charge in [-0.15, -0.1) is 0 Å². The van der Waals surface area contributed by atoms with Gasteiger partial charge in [-0.3, -0.25) is 4.79 Å². The summed E-state index contributed by atoms with van der Waals surface area (Å²) >= 11 is 13.5. The van der Waals surface area contributed by atoms with E-state index < -0.39 is 0 Å². The second-order valence-electron chi connectivity index (χ2n) is 6.33. The molecule has 29 heavy (non-hydrogen) atoms. The number of benzene rings is 2. The van der Waals surface area contributed by atoms with E-state index in [-0.39, 0.29) is 12.5 Å².